The van der Waals surface area contributed by atoms with Gasteiger partial charge in [-0.05, 0) is 51.6 Å². The second-order valence-corrected chi connectivity index (χ2v) is 9.08. The van der Waals surface area contributed by atoms with Crippen LogP contribution >= 0.6 is 0 Å². The number of fused-ring (bicyclic) bond motifs is 1. The van der Waals surface area contributed by atoms with Gasteiger partial charge in [-0.15, -0.1) is 0 Å². The minimum absolute atomic E-state index is 0.353. The van der Waals surface area contributed by atoms with Crippen molar-refractivity contribution in [1.82, 2.24) is 5.32 Å². The van der Waals surface area contributed by atoms with Crippen molar-refractivity contribution in [2.24, 2.45) is 0 Å². The quantitative estimate of drug-likeness (QED) is 0.512. The van der Waals surface area contributed by atoms with E-state index in [1.807, 2.05) is 0 Å². The summed E-state index contributed by atoms with van der Waals surface area (Å²) in [6.07, 6.45) is 1.07. The van der Waals surface area contributed by atoms with Gasteiger partial charge in [0.05, 0.1) is 0 Å². The van der Waals surface area contributed by atoms with E-state index in [1.54, 1.807) is 0 Å². The van der Waals surface area contributed by atoms with Crippen LogP contribution in [0.25, 0.3) is 0 Å². The molecule has 0 saturated carbocycles. The van der Waals surface area contributed by atoms with Gasteiger partial charge in [-0.2, -0.15) is 0 Å². The van der Waals surface area contributed by atoms with E-state index in [9.17, 15) is 0 Å². The molecule has 1 heterocycles. The van der Waals surface area contributed by atoms with Crippen molar-refractivity contribution >= 4 is 0 Å². The Hall–Kier alpha value is -2.38. The first-order valence-corrected chi connectivity index (χ1v) is 11.0. The molecule has 4 rings (SSSR count). The number of hydrogen-bond acceptors (Lipinski definition) is 1. The molecule has 0 radical (unpaired) electrons. The van der Waals surface area contributed by atoms with E-state index in [0.717, 1.165) is 13.0 Å². The molecule has 0 aliphatic carbocycles. The molecule has 1 aliphatic heterocycles. The minimum Gasteiger partial charge on any atom is -0.309 e. The van der Waals surface area contributed by atoms with Gasteiger partial charge >= 0.3 is 0 Å². The minimum atomic E-state index is 0.353. The van der Waals surface area contributed by atoms with E-state index in [-0.39, 0.29) is 0 Å². The van der Waals surface area contributed by atoms with E-state index < -0.39 is 0 Å². The molecule has 1 N–H and O–H groups in total. The van der Waals surface area contributed by atoms with Crippen molar-refractivity contribution in [2.45, 2.75) is 64.5 Å². The molecule has 0 aromatic heterocycles. The van der Waals surface area contributed by atoms with E-state index in [1.165, 1.54) is 33.4 Å². The second kappa shape index (κ2) is 8.55. The van der Waals surface area contributed by atoms with Gasteiger partial charge in [-0.1, -0.05) is 100 Å². The molecule has 0 saturated heterocycles. The summed E-state index contributed by atoms with van der Waals surface area (Å²) in [7, 11) is 0. The highest BCUT2D eigenvalue weighted by molar-refractivity contribution is 5.40. The van der Waals surface area contributed by atoms with Crippen molar-refractivity contribution in [2.75, 3.05) is 0 Å². The summed E-state index contributed by atoms with van der Waals surface area (Å²) in [6.45, 7) is 9.99. The highest BCUT2D eigenvalue weighted by Gasteiger charge is 2.28. The van der Waals surface area contributed by atoms with E-state index in [2.05, 4.69) is 106 Å². The van der Waals surface area contributed by atoms with Crippen molar-refractivity contribution in [3.63, 3.8) is 0 Å². The summed E-state index contributed by atoms with van der Waals surface area (Å²) in [4.78, 5) is 0. The molecule has 1 nitrogen and oxygen atoms in total. The number of hydrogen-bond donors (Lipinski definition) is 1. The van der Waals surface area contributed by atoms with Crippen LogP contribution in [-0.4, -0.2) is 6.04 Å². The molecule has 0 fully saturated rings. The Morgan fingerprint density at radius 3 is 1.55 bits per heavy atom. The monoisotopic (exact) mass is 383 g/mol. The maximum atomic E-state index is 3.85. The van der Waals surface area contributed by atoms with Crippen LogP contribution in [0.15, 0.2) is 72.8 Å². The zero-order valence-electron chi connectivity index (χ0n) is 18.2. The van der Waals surface area contributed by atoms with E-state index in [0.29, 0.717) is 23.8 Å². The Kier molecular flexibility index (Phi) is 5.87. The molecular weight excluding hydrogens is 350 g/mol. The van der Waals surface area contributed by atoms with Crippen molar-refractivity contribution in [3.05, 3.63) is 106 Å². The second-order valence-electron chi connectivity index (χ2n) is 9.08. The summed E-state index contributed by atoms with van der Waals surface area (Å²) in [6, 6.07) is 27.9. The van der Waals surface area contributed by atoms with Gasteiger partial charge < -0.3 is 5.32 Å². The van der Waals surface area contributed by atoms with Gasteiger partial charge in [0.25, 0.3) is 0 Å². The predicted octanol–water partition coefficient (Wildman–Crippen LogP) is 6.78. The maximum Gasteiger partial charge on any atom is 0.0246 e. The van der Waals surface area contributed by atoms with Crippen molar-refractivity contribution < 1.29 is 0 Å². The van der Waals surface area contributed by atoms with Crippen LogP contribution in [0.5, 0.6) is 0 Å². The van der Waals surface area contributed by atoms with Crippen LogP contribution in [0.1, 0.15) is 78.8 Å². The Morgan fingerprint density at radius 2 is 1.07 bits per heavy atom. The van der Waals surface area contributed by atoms with Gasteiger partial charge in [0, 0.05) is 18.5 Å². The number of rotatable bonds is 5. The molecule has 0 bridgehead atoms. The standard InChI is InChI=1S/C28H33N/c1-19(2)21-9-13-23(14-10-21)28(24-15-11-22(12-16-24)20(3)4)27-17-25-7-5-6-8-26(25)18-29-27/h5-16,19-20,27-29H,17-18H2,1-4H3/t27-/m0/s1. The third-order valence-corrected chi connectivity index (χ3v) is 6.44. The summed E-state index contributed by atoms with van der Waals surface area (Å²) >= 11 is 0. The van der Waals surface area contributed by atoms with Gasteiger partial charge in [-0.3, -0.25) is 0 Å². The predicted molar refractivity (Wildman–Crippen MR) is 124 cm³/mol. The number of nitrogens with one attached hydrogen (secondary N) is 1. The van der Waals surface area contributed by atoms with Gasteiger partial charge in [-0.25, -0.2) is 0 Å². The zero-order valence-corrected chi connectivity index (χ0v) is 18.2. The summed E-state index contributed by atoms with van der Waals surface area (Å²) in [5.74, 6) is 1.48. The molecule has 1 heteroatoms. The molecule has 3 aromatic rings. The normalized spacial score (nSPS) is 16.4. The molecule has 1 aliphatic rings. The van der Waals surface area contributed by atoms with Crippen LogP contribution in [0.3, 0.4) is 0 Å². The van der Waals surface area contributed by atoms with Crippen molar-refractivity contribution in [3.8, 4) is 0 Å². The lowest BCUT2D eigenvalue weighted by Gasteiger charge is -2.34. The fourth-order valence-corrected chi connectivity index (χ4v) is 4.55. The lowest BCUT2D eigenvalue weighted by molar-refractivity contribution is 0.438. The Morgan fingerprint density at radius 1 is 0.621 bits per heavy atom. The van der Waals surface area contributed by atoms with Crippen LogP contribution in [0.4, 0.5) is 0 Å². The molecular formula is C28H33N. The fourth-order valence-electron chi connectivity index (χ4n) is 4.55. The molecule has 0 spiro atoms. The average Bonchev–Trinajstić information content (AvgIpc) is 2.74. The lowest BCUT2D eigenvalue weighted by atomic mass is 9.79. The van der Waals surface area contributed by atoms with Crippen molar-refractivity contribution in [1.29, 1.82) is 0 Å². The van der Waals surface area contributed by atoms with Gasteiger partial charge in [0.15, 0.2) is 0 Å². The first kappa shape index (κ1) is 19.9. The maximum absolute atomic E-state index is 3.85. The Balaban J connectivity index is 1.71. The highest BCUT2D eigenvalue weighted by Crippen LogP contribution is 2.34. The first-order chi connectivity index (χ1) is 14.0. The van der Waals surface area contributed by atoms with E-state index >= 15 is 0 Å². The largest absolute Gasteiger partial charge is 0.309 e. The smallest absolute Gasteiger partial charge is 0.0246 e. The van der Waals surface area contributed by atoms with E-state index in [4.69, 9.17) is 0 Å². The zero-order chi connectivity index (χ0) is 20.4. The summed E-state index contributed by atoms with van der Waals surface area (Å²) < 4.78 is 0. The van der Waals surface area contributed by atoms with Crippen LogP contribution in [-0.2, 0) is 13.0 Å². The topological polar surface area (TPSA) is 12.0 Å². The molecule has 0 unspecified atom stereocenters. The first-order valence-electron chi connectivity index (χ1n) is 11.0. The van der Waals surface area contributed by atoms with Gasteiger partial charge in [0.2, 0.25) is 0 Å². The van der Waals surface area contributed by atoms with Crippen LogP contribution < -0.4 is 5.32 Å². The van der Waals surface area contributed by atoms with Crippen LogP contribution in [0, 0.1) is 0 Å². The molecule has 29 heavy (non-hydrogen) atoms. The number of benzene rings is 3. The van der Waals surface area contributed by atoms with Crippen LogP contribution in [0.2, 0.25) is 0 Å². The Labute approximate surface area is 176 Å². The third-order valence-electron chi connectivity index (χ3n) is 6.44. The third kappa shape index (κ3) is 4.31. The fraction of sp³-hybridized carbons (Fsp3) is 0.357. The SMILES string of the molecule is CC(C)c1ccc(C(c2ccc(C(C)C)cc2)[C@@H]2Cc3ccccc3CN2)cc1. The summed E-state index contributed by atoms with van der Waals surface area (Å²) in [5, 5.41) is 3.85. The molecule has 3 aromatic carbocycles. The summed E-state index contributed by atoms with van der Waals surface area (Å²) in [5.41, 5.74) is 8.55. The van der Waals surface area contributed by atoms with Gasteiger partial charge in [0.1, 0.15) is 0 Å². The Bertz CT molecular complexity index is 883. The average molecular weight is 384 g/mol. The molecule has 150 valence electrons. The lowest BCUT2D eigenvalue weighted by Crippen LogP contribution is -2.40. The molecule has 1 atom stereocenters. The highest BCUT2D eigenvalue weighted by atomic mass is 14.9. The molecule has 0 amide bonds.